The van der Waals surface area contributed by atoms with Gasteiger partial charge in [-0.3, -0.25) is 0 Å². The average molecular weight is 403 g/mol. The normalized spacial score (nSPS) is 10.6. The summed E-state index contributed by atoms with van der Waals surface area (Å²) in [6.07, 6.45) is 0. The Labute approximate surface area is 167 Å². The SMILES string of the molecule is CCOc1ccccc1OCc1nn2c(-c3cccc(C)c3)nnc2s1.Cl. The van der Waals surface area contributed by atoms with Gasteiger partial charge in [0, 0.05) is 5.56 Å². The van der Waals surface area contributed by atoms with Gasteiger partial charge in [-0.05, 0) is 32.0 Å². The van der Waals surface area contributed by atoms with Crippen LogP contribution in [0.4, 0.5) is 0 Å². The van der Waals surface area contributed by atoms with Gasteiger partial charge in [0.05, 0.1) is 6.61 Å². The highest BCUT2D eigenvalue weighted by Crippen LogP contribution is 2.28. The van der Waals surface area contributed by atoms with Crippen molar-refractivity contribution in [2.75, 3.05) is 6.61 Å². The van der Waals surface area contributed by atoms with Crippen molar-refractivity contribution in [2.45, 2.75) is 20.5 Å². The minimum absolute atomic E-state index is 0. The van der Waals surface area contributed by atoms with E-state index in [0.29, 0.717) is 19.0 Å². The van der Waals surface area contributed by atoms with Crippen LogP contribution in [0.2, 0.25) is 0 Å². The molecule has 140 valence electrons. The lowest BCUT2D eigenvalue weighted by molar-refractivity contribution is 0.268. The van der Waals surface area contributed by atoms with Crippen LogP contribution in [-0.2, 0) is 6.61 Å². The van der Waals surface area contributed by atoms with Crippen LogP contribution < -0.4 is 9.47 Å². The van der Waals surface area contributed by atoms with Crippen LogP contribution in [0, 0.1) is 6.92 Å². The molecule has 0 N–H and O–H groups in total. The van der Waals surface area contributed by atoms with Crippen LogP contribution in [-0.4, -0.2) is 26.4 Å². The molecule has 0 saturated heterocycles. The molecule has 0 spiro atoms. The van der Waals surface area contributed by atoms with Crippen LogP contribution in [0.15, 0.2) is 48.5 Å². The molecule has 27 heavy (non-hydrogen) atoms. The maximum atomic E-state index is 5.90. The molecule has 0 atom stereocenters. The summed E-state index contributed by atoms with van der Waals surface area (Å²) in [5, 5.41) is 13.9. The molecular weight excluding hydrogens is 384 g/mol. The Morgan fingerprint density at radius 3 is 2.52 bits per heavy atom. The van der Waals surface area contributed by atoms with E-state index in [2.05, 4.69) is 34.4 Å². The fourth-order valence-corrected chi connectivity index (χ4v) is 3.41. The molecule has 0 unspecified atom stereocenters. The topological polar surface area (TPSA) is 61.5 Å². The monoisotopic (exact) mass is 402 g/mol. The first-order valence-electron chi connectivity index (χ1n) is 8.37. The lowest BCUT2D eigenvalue weighted by Crippen LogP contribution is -2.00. The fraction of sp³-hybridized carbons (Fsp3) is 0.211. The Bertz CT molecular complexity index is 1050. The first kappa shape index (κ1) is 19.1. The van der Waals surface area contributed by atoms with Gasteiger partial charge in [-0.2, -0.15) is 9.61 Å². The van der Waals surface area contributed by atoms with E-state index in [9.17, 15) is 0 Å². The Morgan fingerprint density at radius 2 is 1.78 bits per heavy atom. The molecule has 0 aliphatic heterocycles. The Balaban J connectivity index is 0.00000210. The molecule has 0 saturated carbocycles. The molecule has 0 amide bonds. The van der Waals surface area contributed by atoms with E-state index in [0.717, 1.165) is 27.1 Å². The number of aryl methyl sites for hydroxylation is 1. The zero-order valence-electron chi connectivity index (χ0n) is 15.0. The van der Waals surface area contributed by atoms with Crippen molar-refractivity contribution >= 4 is 28.7 Å². The van der Waals surface area contributed by atoms with Crippen LogP contribution in [0.5, 0.6) is 11.5 Å². The minimum Gasteiger partial charge on any atom is -0.490 e. The molecule has 4 rings (SSSR count). The summed E-state index contributed by atoms with van der Waals surface area (Å²) in [4.78, 5) is 0.748. The van der Waals surface area contributed by atoms with Crippen LogP contribution >= 0.6 is 23.7 Å². The van der Waals surface area contributed by atoms with Crippen molar-refractivity contribution in [3.05, 3.63) is 59.1 Å². The number of halogens is 1. The molecule has 2 aromatic carbocycles. The highest BCUT2D eigenvalue weighted by Gasteiger charge is 2.14. The van der Waals surface area contributed by atoms with Gasteiger partial charge in [-0.25, -0.2) is 0 Å². The van der Waals surface area contributed by atoms with Crippen molar-refractivity contribution in [3.63, 3.8) is 0 Å². The van der Waals surface area contributed by atoms with Gasteiger partial charge in [-0.15, -0.1) is 22.6 Å². The van der Waals surface area contributed by atoms with Crippen molar-refractivity contribution in [2.24, 2.45) is 0 Å². The summed E-state index contributed by atoms with van der Waals surface area (Å²) < 4.78 is 13.3. The second-order valence-electron chi connectivity index (χ2n) is 5.75. The Hall–Kier alpha value is -2.64. The summed E-state index contributed by atoms with van der Waals surface area (Å²) in [6.45, 7) is 4.95. The largest absolute Gasteiger partial charge is 0.490 e. The van der Waals surface area contributed by atoms with Crippen molar-refractivity contribution in [1.29, 1.82) is 0 Å². The van der Waals surface area contributed by atoms with E-state index in [1.807, 2.05) is 43.3 Å². The van der Waals surface area contributed by atoms with E-state index < -0.39 is 0 Å². The van der Waals surface area contributed by atoms with Gasteiger partial charge < -0.3 is 9.47 Å². The molecular formula is C19H19ClN4O2S. The Kier molecular flexibility index (Phi) is 5.93. The number of benzene rings is 2. The van der Waals surface area contributed by atoms with E-state index in [4.69, 9.17) is 9.47 Å². The number of nitrogens with zero attached hydrogens (tertiary/aromatic N) is 4. The van der Waals surface area contributed by atoms with Crippen LogP contribution in [0.3, 0.4) is 0 Å². The third-order valence-electron chi connectivity index (χ3n) is 3.81. The Morgan fingerprint density at radius 1 is 1.00 bits per heavy atom. The van der Waals surface area contributed by atoms with Crippen LogP contribution in [0.25, 0.3) is 16.3 Å². The average Bonchev–Trinajstić information content (AvgIpc) is 3.21. The summed E-state index contributed by atoms with van der Waals surface area (Å²) in [7, 11) is 0. The maximum absolute atomic E-state index is 5.90. The molecule has 0 aliphatic carbocycles. The molecule has 2 heterocycles. The third kappa shape index (κ3) is 4.04. The zero-order chi connectivity index (χ0) is 17.9. The quantitative estimate of drug-likeness (QED) is 0.473. The predicted octanol–water partition coefficient (Wildman–Crippen LogP) is 4.56. The number of ether oxygens (including phenoxy) is 2. The van der Waals surface area contributed by atoms with Gasteiger partial charge in [0.25, 0.3) is 0 Å². The van der Waals surface area contributed by atoms with Crippen LogP contribution in [0.1, 0.15) is 17.5 Å². The standard InChI is InChI=1S/C19H18N4O2S.ClH/c1-3-24-15-9-4-5-10-16(15)25-12-17-22-23-18(20-21-19(23)26-17)14-8-6-7-13(2)11-14;/h4-11H,3,12H2,1-2H3;1H. The van der Waals surface area contributed by atoms with E-state index in [1.165, 1.54) is 16.9 Å². The highest BCUT2D eigenvalue weighted by molar-refractivity contribution is 7.16. The molecule has 0 fully saturated rings. The number of fused-ring (bicyclic) bond motifs is 1. The molecule has 0 aliphatic rings. The van der Waals surface area contributed by atoms with Gasteiger partial charge in [-0.1, -0.05) is 47.2 Å². The van der Waals surface area contributed by atoms with E-state index in [1.54, 1.807) is 4.52 Å². The predicted molar refractivity (Wildman–Crippen MR) is 108 cm³/mol. The highest BCUT2D eigenvalue weighted by atomic mass is 35.5. The van der Waals surface area contributed by atoms with E-state index in [-0.39, 0.29) is 12.4 Å². The molecule has 8 heteroatoms. The summed E-state index contributed by atoms with van der Waals surface area (Å²) in [6, 6.07) is 15.8. The second-order valence-corrected chi connectivity index (χ2v) is 6.79. The minimum atomic E-state index is 0. The van der Waals surface area contributed by atoms with Crippen molar-refractivity contribution in [3.8, 4) is 22.9 Å². The van der Waals surface area contributed by atoms with E-state index >= 15 is 0 Å². The third-order valence-corrected chi connectivity index (χ3v) is 4.68. The first-order chi connectivity index (χ1) is 12.7. The molecule has 0 bridgehead atoms. The number of hydrogen-bond acceptors (Lipinski definition) is 6. The number of rotatable bonds is 6. The molecule has 2 aromatic heterocycles. The smallest absolute Gasteiger partial charge is 0.235 e. The van der Waals surface area contributed by atoms with Gasteiger partial charge in [0.15, 0.2) is 22.3 Å². The van der Waals surface area contributed by atoms with Crippen molar-refractivity contribution in [1.82, 2.24) is 19.8 Å². The zero-order valence-corrected chi connectivity index (χ0v) is 16.6. The lowest BCUT2D eigenvalue weighted by atomic mass is 10.1. The molecule has 6 nitrogen and oxygen atoms in total. The second kappa shape index (κ2) is 8.37. The van der Waals surface area contributed by atoms with Gasteiger partial charge in [0.1, 0.15) is 6.61 Å². The lowest BCUT2D eigenvalue weighted by Gasteiger charge is -2.10. The number of hydrogen-bond donors (Lipinski definition) is 0. The summed E-state index contributed by atoms with van der Waals surface area (Å²) in [5.74, 6) is 2.18. The maximum Gasteiger partial charge on any atom is 0.235 e. The summed E-state index contributed by atoms with van der Waals surface area (Å²) >= 11 is 1.47. The number of para-hydroxylation sites is 2. The molecule has 0 radical (unpaired) electrons. The van der Waals surface area contributed by atoms with Crippen molar-refractivity contribution < 1.29 is 9.47 Å². The van der Waals surface area contributed by atoms with Gasteiger partial charge in [0.2, 0.25) is 4.96 Å². The number of aromatic nitrogens is 4. The molecule has 4 aromatic rings. The summed E-state index contributed by atoms with van der Waals surface area (Å²) in [5.41, 5.74) is 2.17. The fourth-order valence-electron chi connectivity index (χ4n) is 2.66. The first-order valence-corrected chi connectivity index (χ1v) is 9.19. The van der Waals surface area contributed by atoms with Gasteiger partial charge >= 0.3 is 0 Å².